The first-order valence-corrected chi connectivity index (χ1v) is 10.3. The molecule has 4 heterocycles. The Morgan fingerprint density at radius 2 is 2.07 bits per heavy atom. The normalized spacial score (nSPS) is 22.2. The van der Waals surface area contributed by atoms with Gasteiger partial charge in [-0.15, -0.1) is 0 Å². The minimum Gasteiger partial charge on any atom is -0.375 e. The monoisotopic (exact) mass is 382 g/mol. The molecule has 1 unspecified atom stereocenters. The number of nitrogens with zero attached hydrogens (tertiary/aromatic N) is 3. The second-order valence-corrected chi connectivity index (χ2v) is 8.22. The van der Waals surface area contributed by atoms with Crippen LogP contribution < -0.4 is 5.32 Å². The van der Waals surface area contributed by atoms with Crippen LogP contribution in [0.4, 0.5) is 0 Å². The Hall–Kier alpha value is -2.18. The van der Waals surface area contributed by atoms with Crippen molar-refractivity contribution < 1.29 is 9.53 Å². The van der Waals surface area contributed by atoms with Crippen LogP contribution in [-0.2, 0) is 18.3 Å². The highest BCUT2D eigenvalue weighted by Crippen LogP contribution is 2.37. The van der Waals surface area contributed by atoms with Crippen LogP contribution in [0.1, 0.15) is 41.7 Å². The lowest BCUT2D eigenvalue weighted by molar-refractivity contribution is -0.127. The summed E-state index contributed by atoms with van der Waals surface area (Å²) in [6.45, 7) is 4.67. The molecule has 0 radical (unpaired) electrons. The van der Waals surface area contributed by atoms with Crippen molar-refractivity contribution >= 4 is 5.91 Å². The smallest absolute Gasteiger partial charge is 0.251 e. The zero-order valence-electron chi connectivity index (χ0n) is 16.6. The zero-order chi connectivity index (χ0) is 19.4. The van der Waals surface area contributed by atoms with Gasteiger partial charge in [-0.25, -0.2) is 0 Å². The number of aryl methyl sites for hydroxylation is 1. The number of nitrogens with one attached hydrogen (secondary N) is 1. The fourth-order valence-electron chi connectivity index (χ4n) is 4.50. The summed E-state index contributed by atoms with van der Waals surface area (Å²) in [7, 11) is 2.11. The van der Waals surface area contributed by atoms with Crippen molar-refractivity contribution in [3.05, 3.63) is 54.1 Å². The van der Waals surface area contributed by atoms with E-state index in [9.17, 15) is 4.79 Å². The van der Waals surface area contributed by atoms with Crippen LogP contribution in [0, 0.1) is 5.92 Å². The molecule has 1 amide bonds. The molecular weight excluding hydrogens is 352 g/mol. The molecule has 28 heavy (non-hydrogen) atoms. The van der Waals surface area contributed by atoms with Crippen LogP contribution in [0.25, 0.3) is 0 Å². The number of ether oxygens (including phenoxy) is 1. The van der Waals surface area contributed by atoms with Gasteiger partial charge in [-0.1, -0.05) is 0 Å². The van der Waals surface area contributed by atoms with E-state index in [0.29, 0.717) is 11.5 Å². The van der Waals surface area contributed by atoms with E-state index in [-0.39, 0.29) is 11.5 Å². The van der Waals surface area contributed by atoms with Crippen molar-refractivity contribution in [3.63, 3.8) is 0 Å². The molecule has 6 heteroatoms. The molecule has 6 nitrogen and oxygen atoms in total. The van der Waals surface area contributed by atoms with Crippen molar-refractivity contribution in [3.8, 4) is 0 Å². The Bertz CT molecular complexity index is 781. The summed E-state index contributed by atoms with van der Waals surface area (Å²) < 4.78 is 8.48. The number of piperidine rings is 1. The third-order valence-corrected chi connectivity index (χ3v) is 6.29. The van der Waals surface area contributed by atoms with Crippen LogP contribution >= 0.6 is 0 Å². The molecule has 2 aliphatic heterocycles. The van der Waals surface area contributed by atoms with Gasteiger partial charge in [0, 0.05) is 69.7 Å². The van der Waals surface area contributed by atoms with E-state index < -0.39 is 0 Å². The molecule has 0 aliphatic carbocycles. The van der Waals surface area contributed by atoms with Gasteiger partial charge in [0.05, 0.1) is 5.60 Å². The molecule has 150 valence electrons. The van der Waals surface area contributed by atoms with Gasteiger partial charge < -0.3 is 14.6 Å². The molecule has 2 saturated heterocycles. The van der Waals surface area contributed by atoms with E-state index in [1.54, 1.807) is 24.5 Å². The van der Waals surface area contributed by atoms with Crippen molar-refractivity contribution in [2.45, 2.75) is 37.8 Å². The molecule has 2 aromatic rings. The summed E-state index contributed by atoms with van der Waals surface area (Å²) in [4.78, 5) is 18.8. The molecular formula is C22H30N4O2. The van der Waals surface area contributed by atoms with Gasteiger partial charge in [0.2, 0.25) is 0 Å². The number of hydrogen-bond acceptors (Lipinski definition) is 4. The number of carbonyl (C=O) groups excluding carboxylic acids is 1. The van der Waals surface area contributed by atoms with Gasteiger partial charge in [-0.2, -0.15) is 0 Å². The molecule has 1 atom stereocenters. The van der Waals surface area contributed by atoms with E-state index in [1.807, 2.05) is 0 Å². The Balaban J connectivity index is 1.27. The Labute approximate surface area is 166 Å². The average molecular weight is 383 g/mol. The summed E-state index contributed by atoms with van der Waals surface area (Å²) >= 11 is 0. The molecule has 1 spiro atoms. The van der Waals surface area contributed by atoms with Crippen molar-refractivity contribution in [2.24, 2.45) is 13.0 Å². The standard InChI is InChI=1S/C22H30N4O2/c1-25-11-2-3-20(25)17-26-12-7-22(8-13-26)15-18(6-14-28-22)16-24-21(27)19-4-9-23-10-5-19/h2-5,9-11,18H,6-8,12-17H2,1H3,(H,24,27). The number of pyridine rings is 1. The fourth-order valence-corrected chi connectivity index (χ4v) is 4.50. The number of carbonyl (C=O) groups is 1. The van der Waals surface area contributed by atoms with E-state index in [0.717, 1.165) is 58.5 Å². The second kappa shape index (κ2) is 8.45. The van der Waals surface area contributed by atoms with Crippen molar-refractivity contribution in [1.82, 2.24) is 19.8 Å². The SMILES string of the molecule is Cn1cccc1CN1CCC2(CC1)CC(CNC(=O)c1ccncc1)CCO2. The largest absolute Gasteiger partial charge is 0.375 e. The molecule has 4 rings (SSSR count). The van der Waals surface area contributed by atoms with E-state index in [2.05, 4.69) is 45.1 Å². The fraction of sp³-hybridized carbons (Fsp3) is 0.545. The minimum atomic E-state index is -0.0136. The van der Waals surface area contributed by atoms with Gasteiger partial charge >= 0.3 is 0 Å². The topological polar surface area (TPSA) is 59.4 Å². The first-order valence-electron chi connectivity index (χ1n) is 10.3. The van der Waals surface area contributed by atoms with Crippen LogP contribution in [0.3, 0.4) is 0 Å². The molecule has 0 aromatic carbocycles. The van der Waals surface area contributed by atoms with Gasteiger partial charge in [0.15, 0.2) is 0 Å². The van der Waals surface area contributed by atoms with Gasteiger partial charge in [0.25, 0.3) is 5.91 Å². The molecule has 2 fully saturated rings. The first-order chi connectivity index (χ1) is 13.6. The van der Waals surface area contributed by atoms with Crippen LogP contribution in [0.15, 0.2) is 42.9 Å². The van der Waals surface area contributed by atoms with Gasteiger partial charge in [0.1, 0.15) is 0 Å². The Morgan fingerprint density at radius 1 is 1.29 bits per heavy atom. The highest BCUT2D eigenvalue weighted by atomic mass is 16.5. The molecule has 0 bridgehead atoms. The second-order valence-electron chi connectivity index (χ2n) is 8.22. The van der Waals surface area contributed by atoms with Gasteiger partial charge in [-0.05, 0) is 55.9 Å². The maximum atomic E-state index is 12.3. The number of rotatable bonds is 5. The molecule has 1 N–H and O–H groups in total. The third kappa shape index (κ3) is 4.45. The van der Waals surface area contributed by atoms with Crippen LogP contribution in [0.2, 0.25) is 0 Å². The van der Waals surface area contributed by atoms with Crippen molar-refractivity contribution in [2.75, 3.05) is 26.2 Å². The van der Waals surface area contributed by atoms with E-state index in [1.165, 1.54) is 5.69 Å². The minimum absolute atomic E-state index is 0.00494. The number of aromatic nitrogens is 2. The maximum absolute atomic E-state index is 12.3. The third-order valence-electron chi connectivity index (χ3n) is 6.29. The van der Waals surface area contributed by atoms with Crippen molar-refractivity contribution in [1.29, 1.82) is 0 Å². The lowest BCUT2D eigenvalue weighted by atomic mass is 9.79. The zero-order valence-corrected chi connectivity index (χ0v) is 16.6. The number of hydrogen-bond donors (Lipinski definition) is 1. The highest BCUT2D eigenvalue weighted by molar-refractivity contribution is 5.93. The lowest BCUT2D eigenvalue weighted by Crippen LogP contribution is -2.50. The van der Waals surface area contributed by atoms with Crippen LogP contribution in [-0.4, -0.2) is 52.2 Å². The quantitative estimate of drug-likeness (QED) is 0.864. The van der Waals surface area contributed by atoms with E-state index >= 15 is 0 Å². The summed E-state index contributed by atoms with van der Waals surface area (Å²) in [6, 6.07) is 7.81. The van der Waals surface area contributed by atoms with Gasteiger partial charge in [-0.3, -0.25) is 14.7 Å². The first kappa shape index (κ1) is 19.2. The van der Waals surface area contributed by atoms with E-state index in [4.69, 9.17) is 4.74 Å². The molecule has 0 saturated carbocycles. The van der Waals surface area contributed by atoms with Crippen LogP contribution in [0.5, 0.6) is 0 Å². The predicted octanol–water partition coefficient (Wildman–Crippen LogP) is 2.61. The molecule has 2 aliphatic rings. The lowest BCUT2D eigenvalue weighted by Gasteiger charge is -2.46. The Morgan fingerprint density at radius 3 is 2.79 bits per heavy atom. The maximum Gasteiger partial charge on any atom is 0.251 e. The summed E-state index contributed by atoms with van der Waals surface area (Å²) in [5.41, 5.74) is 2.03. The Kier molecular flexibility index (Phi) is 5.78. The summed E-state index contributed by atoms with van der Waals surface area (Å²) in [5.74, 6) is 0.472. The summed E-state index contributed by atoms with van der Waals surface area (Å²) in [6.07, 6.45) is 9.63. The highest BCUT2D eigenvalue weighted by Gasteiger charge is 2.40. The predicted molar refractivity (Wildman–Crippen MR) is 108 cm³/mol. The number of amides is 1. The molecule has 2 aromatic heterocycles. The summed E-state index contributed by atoms with van der Waals surface area (Å²) in [5, 5.41) is 3.10. The number of likely N-dealkylation sites (tertiary alicyclic amines) is 1. The average Bonchev–Trinajstić information content (AvgIpc) is 3.13.